The molecule has 1 amide bonds. The summed E-state index contributed by atoms with van der Waals surface area (Å²) in [5, 5.41) is 0.416. The summed E-state index contributed by atoms with van der Waals surface area (Å²) in [6.45, 7) is 1.60. The Morgan fingerprint density at radius 1 is 1.23 bits per heavy atom. The molecular weight excluding hydrogens is 430 g/mol. The molecule has 1 aliphatic rings. The van der Waals surface area contributed by atoms with Crippen LogP contribution in [0.25, 0.3) is 0 Å². The van der Waals surface area contributed by atoms with Gasteiger partial charge in [-0.15, -0.1) is 0 Å². The van der Waals surface area contributed by atoms with Crippen molar-refractivity contribution in [3.63, 3.8) is 0 Å². The fraction of sp³-hybridized carbons (Fsp3) is 0.500. The molecule has 0 N–H and O–H groups in total. The van der Waals surface area contributed by atoms with E-state index in [0.29, 0.717) is 17.0 Å². The molecule has 1 fully saturated rings. The maximum Gasteiger partial charge on any atom is 0.409 e. The average Bonchev–Trinajstić information content (AvgIpc) is 2.67. The van der Waals surface area contributed by atoms with Crippen LogP contribution in [-0.2, 0) is 19.6 Å². The first-order chi connectivity index (χ1) is 14.0. The minimum absolute atomic E-state index is 0.0628. The van der Waals surface area contributed by atoms with Crippen molar-refractivity contribution < 1.29 is 22.7 Å². The fourth-order valence-corrected chi connectivity index (χ4v) is 5.33. The standard InChI is InChI=1S/C20H28ClN3O5S/c1-6-18-17(12-22(2)3)19(25)11-15(13-29-20(26)23(4)5)24(18)30(27,28)16-9-7-14(21)8-10-16/h7-10,12,15,18H,6,11,13H2,1-5H3/b17-12-. The van der Waals surface area contributed by atoms with Gasteiger partial charge in [-0.25, -0.2) is 13.2 Å². The van der Waals surface area contributed by atoms with Crippen molar-refractivity contribution in [1.29, 1.82) is 0 Å². The van der Waals surface area contributed by atoms with E-state index in [1.54, 1.807) is 25.2 Å². The SMILES string of the molecule is CCC1/C(=C/N(C)C)C(=O)CC(COC(=O)N(C)C)N1S(=O)(=O)c1ccc(Cl)cc1. The van der Waals surface area contributed by atoms with E-state index in [1.807, 2.05) is 6.92 Å². The van der Waals surface area contributed by atoms with Gasteiger partial charge in [0.25, 0.3) is 0 Å². The monoisotopic (exact) mass is 457 g/mol. The molecule has 0 bridgehead atoms. The molecule has 1 heterocycles. The highest BCUT2D eigenvalue weighted by atomic mass is 35.5. The van der Waals surface area contributed by atoms with Gasteiger partial charge in [0.05, 0.1) is 17.0 Å². The Kier molecular flexibility index (Phi) is 7.90. The second-order valence-corrected chi connectivity index (χ2v) is 9.79. The van der Waals surface area contributed by atoms with Gasteiger partial charge in [0.2, 0.25) is 10.0 Å². The van der Waals surface area contributed by atoms with Crippen LogP contribution in [0.5, 0.6) is 0 Å². The summed E-state index contributed by atoms with van der Waals surface area (Å²) in [4.78, 5) is 27.8. The molecule has 1 aliphatic heterocycles. The number of nitrogens with zero attached hydrogens (tertiary/aromatic N) is 3. The first-order valence-corrected chi connectivity index (χ1v) is 11.3. The Hall–Kier alpha value is -2.10. The fourth-order valence-electron chi connectivity index (χ4n) is 3.36. The minimum atomic E-state index is -3.99. The molecule has 2 rings (SSSR count). The van der Waals surface area contributed by atoms with Gasteiger partial charge in [0, 0.05) is 51.4 Å². The zero-order valence-corrected chi connectivity index (χ0v) is 19.4. The number of ketones is 1. The Bertz CT molecular complexity index is 913. The predicted octanol–water partition coefficient (Wildman–Crippen LogP) is 2.59. The van der Waals surface area contributed by atoms with Crippen LogP contribution in [0.4, 0.5) is 4.79 Å². The highest BCUT2D eigenvalue weighted by Gasteiger charge is 2.45. The van der Waals surface area contributed by atoms with Crippen molar-refractivity contribution in [3.8, 4) is 0 Å². The van der Waals surface area contributed by atoms with E-state index in [4.69, 9.17) is 16.3 Å². The van der Waals surface area contributed by atoms with Crippen molar-refractivity contribution in [3.05, 3.63) is 41.1 Å². The highest BCUT2D eigenvalue weighted by molar-refractivity contribution is 7.89. The number of carbonyl (C=O) groups excluding carboxylic acids is 2. The molecule has 0 spiro atoms. The zero-order valence-electron chi connectivity index (χ0n) is 17.8. The van der Waals surface area contributed by atoms with Gasteiger partial charge >= 0.3 is 6.09 Å². The molecule has 8 nitrogen and oxygen atoms in total. The van der Waals surface area contributed by atoms with Crippen LogP contribution in [0.3, 0.4) is 0 Å². The van der Waals surface area contributed by atoms with E-state index < -0.39 is 28.2 Å². The van der Waals surface area contributed by atoms with E-state index >= 15 is 0 Å². The third kappa shape index (κ3) is 5.33. The quantitative estimate of drug-likeness (QED) is 0.610. The topological polar surface area (TPSA) is 87.2 Å². The minimum Gasteiger partial charge on any atom is -0.448 e. The number of sulfonamides is 1. The van der Waals surface area contributed by atoms with Gasteiger partial charge < -0.3 is 14.5 Å². The lowest BCUT2D eigenvalue weighted by Gasteiger charge is -2.41. The number of carbonyl (C=O) groups is 2. The molecule has 0 saturated carbocycles. The van der Waals surface area contributed by atoms with Crippen LogP contribution in [0, 0.1) is 0 Å². The van der Waals surface area contributed by atoms with Crippen LogP contribution in [0.15, 0.2) is 40.9 Å². The third-order valence-electron chi connectivity index (χ3n) is 4.71. The second kappa shape index (κ2) is 9.80. The number of piperidine rings is 1. The number of amides is 1. The molecule has 2 atom stereocenters. The number of benzene rings is 1. The molecule has 0 aliphatic carbocycles. The van der Waals surface area contributed by atoms with Gasteiger partial charge in [-0.2, -0.15) is 4.31 Å². The first kappa shape index (κ1) is 24.2. The maximum atomic E-state index is 13.6. The Labute approximate surface area is 183 Å². The van der Waals surface area contributed by atoms with E-state index in [9.17, 15) is 18.0 Å². The summed E-state index contributed by atoms with van der Waals surface area (Å²) < 4.78 is 33.7. The van der Waals surface area contributed by atoms with Crippen LogP contribution in [0.2, 0.25) is 5.02 Å². The Morgan fingerprint density at radius 2 is 1.83 bits per heavy atom. The van der Waals surface area contributed by atoms with Gasteiger partial charge in [0.15, 0.2) is 5.78 Å². The van der Waals surface area contributed by atoms with E-state index in [2.05, 4.69) is 0 Å². The molecular formula is C20H28ClN3O5S. The molecule has 30 heavy (non-hydrogen) atoms. The van der Waals surface area contributed by atoms with Gasteiger partial charge in [-0.05, 0) is 30.7 Å². The number of hydrogen-bond donors (Lipinski definition) is 0. The molecule has 0 radical (unpaired) electrons. The van der Waals surface area contributed by atoms with Crippen LogP contribution in [0.1, 0.15) is 19.8 Å². The van der Waals surface area contributed by atoms with Gasteiger partial charge in [0.1, 0.15) is 6.61 Å². The molecule has 10 heteroatoms. The lowest BCUT2D eigenvalue weighted by molar-refractivity contribution is -0.119. The summed E-state index contributed by atoms with van der Waals surface area (Å²) in [5.41, 5.74) is 0.412. The summed E-state index contributed by atoms with van der Waals surface area (Å²) in [5.74, 6) is -0.163. The van der Waals surface area contributed by atoms with Crippen molar-refractivity contribution in [1.82, 2.24) is 14.1 Å². The summed E-state index contributed by atoms with van der Waals surface area (Å²) >= 11 is 5.92. The van der Waals surface area contributed by atoms with E-state index in [-0.39, 0.29) is 23.7 Å². The smallest absolute Gasteiger partial charge is 0.409 e. The summed E-state index contributed by atoms with van der Waals surface area (Å²) in [6, 6.07) is 4.37. The number of ether oxygens (including phenoxy) is 1. The number of rotatable bonds is 6. The number of halogens is 1. The summed E-state index contributed by atoms with van der Waals surface area (Å²) in [6.07, 6.45) is 1.36. The molecule has 166 valence electrons. The van der Waals surface area contributed by atoms with Crippen molar-refractivity contribution in [2.75, 3.05) is 34.8 Å². The van der Waals surface area contributed by atoms with Gasteiger partial charge in [-0.3, -0.25) is 4.79 Å². The Balaban J connectivity index is 2.53. The second-order valence-electron chi connectivity index (χ2n) is 7.51. The zero-order chi connectivity index (χ0) is 22.6. The lowest BCUT2D eigenvalue weighted by Crippen LogP contribution is -2.55. The van der Waals surface area contributed by atoms with Gasteiger partial charge in [-0.1, -0.05) is 18.5 Å². The molecule has 1 saturated heterocycles. The maximum absolute atomic E-state index is 13.6. The molecule has 1 aromatic carbocycles. The lowest BCUT2D eigenvalue weighted by atomic mass is 9.91. The Morgan fingerprint density at radius 3 is 2.33 bits per heavy atom. The van der Waals surface area contributed by atoms with Crippen LogP contribution < -0.4 is 0 Å². The number of hydrogen-bond acceptors (Lipinski definition) is 6. The molecule has 2 unspecified atom stereocenters. The van der Waals surface area contributed by atoms with Crippen LogP contribution >= 0.6 is 11.6 Å². The molecule has 0 aromatic heterocycles. The van der Waals surface area contributed by atoms with E-state index in [0.717, 1.165) is 0 Å². The van der Waals surface area contributed by atoms with Crippen LogP contribution in [-0.4, -0.2) is 81.3 Å². The largest absolute Gasteiger partial charge is 0.448 e. The molecule has 1 aromatic rings. The third-order valence-corrected chi connectivity index (χ3v) is 6.93. The van der Waals surface area contributed by atoms with Crippen molar-refractivity contribution >= 4 is 33.5 Å². The summed E-state index contributed by atoms with van der Waals surface area (Å²) in [7, 11) is 2.62. The van der Waals surface area contributed by atoms with E-state index in [1.165, 1.54) is 47.6 Å². The highest BCUT2D eigenvalue weighted by Crippen LogP contribution is 2.33. The first-order valence-electron chi connectivity index (χ1n) is 9.53. The normalized spacial score (nSPS) is 21.5. The van der Waals surface area contributed by atoms with Crippen molar-refractivity contribution in [2.24, 2.45) is 0 Å². The number of Topliss-reactive ketones (excluding diaryl/α,β-unsaturated/α-hetero) is 1. The average molecular weight is 458 g/mol. The van der Waals surface area contributed by atoms with Crippen molar-refractivity contribution in [2.45, 2.75) is 36.7 Å². The predicted molar refractivity (Wildman–Crippen MR) is 115 cm³/mol.